The molecule has 0 saturated carbocycles. The number of ether oxygens (including phenoxy) is 1. The van der Waals surface area contributed by atoms with Gasteiger partial charge in [-0.25, -0.2) is 13.1 Å². The van der Waals surface area contributed by atoms with E-state index in [2.05, 4.69) is 42.9 Å². The third-order valence-electron chi connectivity index (χ3n) is 10.6. The number of morpholine rings is 1. The Balaban J connectivity index is 0.958. The van der Waals surface area contributed by atoms with Crippen molar-refractivity contribution < 1.29 is 22.9 Å². The molecule has 0 radical (unpaired) electrons. The molecule has 0 unspecified atom stereocenters. The number of amides is 1. The number of nitro groups is 1. The van der Waals surface area contributed by atoms with Gasteiger partial charge < -0.3 is 15.0 Å². The standard InChI is InChI=1S/C44H47ClN6O6S2/c45-36-14-10-33(11-15-36)41-9-5-4-6-35(41)31-49-22-24-50(25-23-49)38-16-12-34(13-17-38)44(52)47-59(55,56)40-18-19-42(43(30-40)51(53)54)46-37(20-21-48-26-28-57-29-27-48)32-58-39-7-2-1-3-8-39/h1-19,30,37,46H,20-29,31-32H2,(H,47,52)/t37-/m1/s1. The van der Waals surface area contributed by atoms with Gasteiger partial charge in [-0.1, -0.05) is 66.2 Å². The molecule has 0 aliphatic carbocycles. The van der Waals surface area contributed by atoms with Gasteiger partial charge in [-0.05, 0) is 83.8 Å². The maximum Gasteiger partial charge on any atom is 0.293 e. The third kappa shape index (κ3) is 11.4. The van der Waals surface area contributed by atoms with E-state index in [1.165, 1.54) is 23.3 Å². The van der Waals surface area contributed by atoms with E-state index in [9.17, 15) is 23.3 Å². The largest absolute Gasteiger partial charge is 0.379 e. The molecule has 5 aromatic carbocycles. The molecule has 7 rings (SSSR count). The predicted octanol–water partition coefficient (Wildman–Crippen LogP) is 7.65. The van der Waals surface area contributed by atoms with Crippen molar-refractivity contribution >= 4 is 56.4 Å². The zero-order valence-electron chi connectivity index (χ0n) is 32.5. The molecule has 2 saturated heterocycles. The fourth-order valence-electron chi connectivity index (χ4n) is 7.28. The van der Waals surface area contributed by atoms with Crippen LogP contribution in [0.4, 0.5) is 17.1 Å². The van der Waals surface area contributed by atoms with Crippen molar-refractivity contribution in [3.63, 3.8) is 0 Å². The highest BCUT2D eigenvalue weighted by atomic mass is 35.5. The number of thioether (sulfide) groups is 1. The quantitative estimate of drug-likeness (QED) is 0.0576. The van der Waals surface area contributed by atoms with Gasteiger partial charge in [0.15, 0.2) is 0 Å². The van der Waals surface area contributed by atoms with Crippen LogP contribution in [-0.2, 0) is 21.3 Å². The molecule has 5 aromatic rings. The van der Waals surface area contributed by atoms with Gasteiger partial charge in [0.1, 0.15) is 5.69 Å². The van der Waals surface area contributed by atoms with E-state index in [4.69, 9.17) is 16.3 Å². The minimum absolute atomic E-state index is 0.154. The van der Waals surface area contributed by atoms with Crippen molar-refractivity contribution in [2.24, 2.45) is 0 Å². The van der Waals surface area contributed by atoms with Gasteiger partial charge in [0.25, 0.3) is 21.6 Å². The van der Waals surface area contributed by atoms with Crippen LogP contribution in [0.2, 0.25) is 5.02 Å². The normalized spacial score (nSPS) is 15.7. The second-order valence-electron chi connectivity index (χ2n) is 14.6. The Hall–Kier alpha value is -4.96. The molecule has 15 heteroatoms. The van der Waals surface area contributed by atoms with Gasteiger partial charge in [-0.3, -0.25) is 24.7 Å². The van der Waals surface area contributed by atoms with E-state index >= 15 is 0 Å². The van der Waals surface area contributed by atoms with E-state index in [-0.39, 0.29) is 22.2 Å². The number of carbonyl (C=O) groups is 1. The number of carbonyl (C=O) groups excluding carboxylic acids is 1. The van der Waals surface area contributed by atoms with Crippen LogP contribution in [0.3, 0.4) is 0 Å². The third-order valence-corrected chi connectivity index (χ3v) is 13.3. The van der Waals surface area contributed by atoms with Crippen LogP contribution in [0.5, 0.6) is 0 Å². The Labute approximate surface area is 354 Å². The molecule has 1 atom stereocenters. The monoisotopic (exact) mass is 854 g/mol. The Bertz CT molecular complexity index is 2310. The summed E-state index contributed by atoms with van der Waals surface area (Å²) in [4.78, 5) is 32.6. The number of piperazine rings is 1. The SMILES string of the molecule is O=C(NS(=O)(=O)c1ccc(N[C@H](CCN2CCOCC2)CSc2ccccc2)c([N+](=O)[O-])c1)c1ccc(N2CCN(Cc3ccccc3-c3ccc(Cl)cc3)CC2)cc1. The number of sulfonamides is 1. The van der Waals surface area contributed by atoms with Crippen LogP contribution in [0.25, 0.3) is 11.1 Å². The van der Waals surface area contributed by atoms with E-state index in [1.54, 1.807) is 23.9 Å². The summed E-state index contributed by atoms with van der Waals surface area (Å²) in [5, 5.41) is 16.3. The van der Waals surface area contributed by atoms with Crippen molar-refractivity contribution in [2.75, 3.05) is 75.0 Å². The van der Waals surface area contributed by atoms with Gasteiger partial charge in [-0.15, -0.1) is 11.8 Å². The van der Waals surface area contributed by atoms with E-state index in [0.29, 0.717) is 30.4 Å². The lowest BCUT2D eigenvalue weighted by molar-refractivity contribution is -0.384. The summed E-state index contributed by atoms with van der Waals surface area (Å²) in [6, 6.07) is 36.5. The van der Waals surface area contributed by atoms with E-state index in [0.717, 1.165) is 74.6 Å². The maximum atomic E-state index is 13.4. The summed E-state index contributed by atoms with van der Waals surface area (Å²) < 4.78 is 34.5. The highest BCUT2D eigenvalue weighted by molar-refractivity contribution is 7.99. The number of hydrogen-bond donors (Lipinski definition) is 2. The number of hydrogen-bond acceptors (Lipinski definition) is 11. The van der Waals surface area contributed by atoms with Crippen LogP contribution >= 0.6 is 23.4 Å². The van der Waals surface area contributed by atoms with Crippen molar-refractivity contribution in [3.05, 3.63) is 148 Å². The first-order chi connectivity index (χ1) is 28.6. The molecule has 2 aliphatic heterocycles. The van der Waals surface area contributed by atoms with Gasteiger partial charge in [0.2, 0.25) is 0 Å². The fourth-order valence-corrected chi connectivity index (χ4v) is 9.40. The molecule has 12 nitrogen and oxygen atoms in total. The molecular weight excluding hydrogens is 808 g/mol. The van der Waals surface area contributed by atoms with Crippen molar-refractivity contribution in [1.29, 1.82) is 0 Å². The highest BCUT2D eigenvalue weighted by Gasteiger charge is 2.26. The predicted molar refractivity (Wildman–Crippen MR) is 235 cm³/mol. The van der Waals surface area contributed by atoms with Crippen molar-refractivity contribution in [3.8, 4) is 11.1 Å². The molecule has 1 amide bonds. The maximum absolute atomic E-state index is 13.4. The van der Waals surface area contributed by atoms with Gasteiger partial charge in [-0.2, -0.15) is 0 Å². The average Bonchev–Trinajstić information content (AvgIpc) is 3.26. The molecule has 0 bridgehead atoms. The second-order valence-corrected chi connectivity index (χ2v) is 17.8. The number of nitrogens with one attached hydrogen (secondary N) is 2. The Kier molecular flexibility index (Phi) is 14.2. The van der Waals surface area contributed by atoms with Gasteiger partial charge in [0.05, 0.1) is 23.0 Å². The topological polar surface area (TPSA) is 137 Å². The average molecular weight is 855 g/mol. The van der Waals surface area contributed by atoms with Crippen LogP contribution in [0, 0.1) is 10.1 Å². The summed E-state index contributed by atoms with van der Waals surface area (Å²) >= 11 is 7.76. The first kappa shape index (κ1) is 42.2. The van der Waals surface area contributed by atoms with Crippen molar-refractivity contribution in [1.82, 2.24) is 14.5 Å². The zero-order chi connectivity index (χ0) is 41.2. The summed E-state index contributed by atoms with van der Waals surface area (Å²) in [6.07, 6.45) is 0.711. The molecule has 308 valence electrons. The molecule has 59 heavy (non-hydrogen) atoms. The summed E-state index contributed by atoms with van der Waals surface area (Å²) in [6.45, 7) is 7.83. The fraction of sp³-hybridized carbons (Fsp3) is 0.295. The Morgan fingerprint density at radius 1 is 0.831 bits per heavy atom. The lowest BCUT2D eigenvalue weighted by Crippen LogP contribution is -2.46. The number of nitrogens with zero attached hydrogens (tertiary/aromatic N) is 4. The number of nitro benzene ring substituents is 1. The Morgan fingerprint density at radius 2 is 1.53 bits per heavy atom. The highest BCUT2D eigenvalue weighted by Crippen LogP contribution is 2.31. The van der Waals surface area contributed by atoms with Crippen LogP contribution in [0.1, 0.15) is 22.3 Å². The molecule has 0 aromatic heterocycles. The lowest BCUT2D eigenvalue weighted by Gasteiger charge is -2.36. The Morgan fingerprint density at radius 3 is 2.24 bits per heavy atom. The van der Waals surface area contributed by atoms with Crippen LogP contribution in [0.15, 0.2) is 131 Å². The molecule has 2 N–H and O–H groups in total. The first-order valence-electron chi connectivity index (χ1n) is 19.6. The molecule has 0 spiro atoms. The number of halogens is 1. The second kappa shape index (κ2) is 19.9. The molecule has 2 heterocycles. The summed E-state index contributed by atoms with van der Waals surface area (Å²) in [5.41, 5.74) is 4.45. The zero-order valence-corrected chi connectivity index (χ0v) is 34.9. The molecule has 2 aliphatic rings. The van der Waals surface area contributed by atoms with E-state index < -0.39 is 26.5 Å². The smallest absolute Gasteiger partial charge is 0.293 e. The van der Waals surface area contributed by atoms with Crippen LogP contribution in [-0.4, -0.2) is 99.9 Å². The first-order valence-corrected chi connectivity index (χ1v) is 22.5. The minimum Gasteiger partial charge on any atom is -0.379 e. The summed E-state index contributed by atoms with van der Waals surface area (Å²) in [5.74, 6) is -0.191. The summed E-state index contributed by atoms with van der Waals surface area (Å²) in [7, 11) is -4.44. The number of benzene rings is 5. The lowest BCUT2D eigenvalue weighted by atomic mass is 9.99. The van der Waals surface area contributed by atoms with E-state index in [1.807, 2.05) is 72.8 Å². The van der Waals surface area contributed by atoms with Gasteiger partial charge >= 0.3 is 0 Å². The van der Waals surface area contributed by atoms with Crippen LogP contribution < -0.4 is 14.9 Å². The molecular formula is C44H47ClN6O6S2. The number of rotatable bonds is 16. The molecule has 2 fully saturated rings. The van der Waals surface area contributed by atoms with Crippen molar-refractivity contribution in [2.45, 2.75) is 28.8 Å². The van der Waals surface area contributed by atoms with Gasteiger partial charge in [0, 0.05) is 91.4 Å². The number of anilines is 2. The minimum atomic E-state index is -4.44.